The van der Waals surface area contributed by atoms with Crippen molar-refractivity contribution >= 4 is 21.7 Å². The maximum absolute atomic E-state index is 13.6. The second-order valence-electron chi connectivity index (χ2n) is 8.58. The zero-order chi connectivity index (χ0) is 24.9. The van der Waals surface area contributed by atoms with Crippen LogP contribution in [0.5, 0.6) is 5.75 Å². The molecule has 0 unspecified atom stereocenters. The predicted octanol–water partition coefficient (Wildman–Crippen LogP) is 3.49. The highest BCUT2D eigenvalue weighted by Crippen LogP contribution is 2.37. The van der Waals surface area contributed by atoms with Gasteiger partial charge in [-0.3, -0.25) is 4.79 Å². The average Bonchev–Trinajstić information content (AvgIpc) is 2.88. The molecule has 1 aliphatic heterocycles. The Morgan fingerprint density at radius 2 is 1.71 bits per heavy atom. The molecule has 0 saturated carbocycles. The van der Waals surface area contributed by atoms with E-state index in [9.17, 15) is 13.2 Å². The maximum atomic E-state index is 13.6. The number of sulfonamides is 1. The molecule has 9 heteroatoms. The lowest BCUT2D eigenvalue weighted by Crippen LogP contribution is -2.45. The van der Waals surface area contributed by atoms with Crippen molar-refractivity contribution in [2.24, 2.45) is 0 Å². The molecular formula is C26H29N3O5S. The minimum Gasteiger partial charge on any atom is -0.497 e. The van der Waals surface area contributed by atoms with Gasteiger partial charge in [0.05, 0.1) is 24.5 Å². The maximum Gasteiger partial charge on any atom is 0.236 e. The van der Waals surface area contributed by atoms with Crippen LogP contribution in [0.2, 0.25) is 0 Å². The van der Waals surface area contributed by atoms with Gasteiger partial charge in [0.1, 0.15) is 11.6 Å². The summed E-state index contributed by atoms with van der Waals surface area (Å²) < 4.78 is 35.9. The Morgan fingerprint density at radius 3 is 2.34 bits per heavy atom. The zero-order valence-corrected chi connectivity index (χ0v) is 20.6. The van der Waals surface area contributed by atoms with E-state index >= 15 is 0 Å². The summed E-state index contributed by atoms with van der Waals surface area (Å²) in [5, 5.41) is 3.02. The number of carbonyl (C=O) groups excluding carboxylic acids is 1. The van der Waals surface area contributed by atoms with Crippen LogP contribution in [0.15, 0.2) is 66.7 Å². The van der Waals surface area contributed by atoms with Crippen LogP contribution >= 0.6 is 0 Å². The predicted molar refractivity (Wildman–Crippen MR) is 135 cm³/mol. The summed E-state index contributed by atoms with van der Waals surface area (Å²) in [6.45, 7) is 1.24. The molecule has 8 nitrogen and oxygen atoms in total. The first-order chi connectivity index (χ1) is 16.8. The van der Waals surface area contributed by atoms with Gasteiger partial charge >= 0.3 is 0 Å². The number of amides is 1. The van der Waals surface area contributed by atoms with Crippen LogP contribution in [0.3, 0.4) is 0 Å². The molecule has 0 atom stereocenters. The van der Waals surface area contributed by atoms with Gasteiger partial charge in [0.15, 0.2) is 0 Å². The highest BCUT2D eigenvalue weighted by molar-refractivity contribution is 7.88. The molecule has 1 aliphatic rings. The van der Waals surface area contributed by atoms with Gasteiger partial charge in [-0.15, -0.1) is 0 Å². The Balaban J connectivity index is 1.53. The van der Waals surface area contributed by atoms with E-state index < -0.39 is 15.4 Å². The minimum absolute atomic E-state index is 0.113. The minimum atomic E-state index is -3.26. The SMILES string of the molecule is COc1ccc(C2(C(=O)Nc3cccc(-c4ccc(CNS(C)(=O)=O)cc4)n3)CCOCC2)cc1. The van der Waals surface area contributed by atoms with Gasteiger partial charge in [-0.25, -0.2) is 18.1 Å². The molecule has 1 amide bonds. The molecule has 0 spiro atoms. The number of hydrogen-bond acceptors (Lipinski definition) is 6. The molecule has 184 valence electrons. The van der Waals surface area contributed by atoms with E-state index in [0.29, 0.717) is 37.6 Å². The average molecular weight is 496 g/mol. The van der Waals surface area contributed by atoms with Gasteiger partial charge in [-0.2, -0.15) is 0 Å². The summed E-state index contributed by atoms with van der Waals surface area (Å²) in [4.78, 5) is 18.2. The van der Waals surface area contributed by atoms with Crippen molar-refractivity contribution in [1.29, 1.82) is 0 Å². The van der Waals surface area contributed by atoms with E-state index in [1.165, 1.54) is 0 Å². The van der Waals surface area contributed by atoms with Crippen molar-refractivity contribution in [1.82, 2.24) is 9.71 Å². The fourth-order valence-corrected chi connectivity index (χ4v) is 4.61. The number of nitrogens with one attached hydrogen (secondary N) is 2. The molecular weight excluding hydrogens is 466 g/mol. The van der Waals surface area contributed by atoms with E-state index in [-0.39, 0.29) is 12.5 Å². The number of ether oxygens (including phenoxy) is 2. The lowest BCUT2D eigenvalue weighted by Gasteiger charge is -2.36. The third-order valence-electron chi connectivity index (χ3n) is 6.20. The molecule has 2 aromatic carbocycles. The normalized spacial score (nSPS) is 15.4. The largest absolute Gasteiger partial charge is 0.497 e. The van der Waals surface area contributed by atoms with E-state index in [4.69, 9.17) is 9.47 Å². The van der Waals surface area contributed by atoms with Crippen LogP contribution in [-0.2, 0) is 31.5 Å². The van der Waals surface area contributed by atoms with E-state index in [0.717, 1.165) is 28.7 Å². The summed E-state index contributed by atoms with van der Waals surface area (Å²) in [5.74, 6) is 1.09. The molecule has 4 rings (SSSR count). The second-order valence-corrected chi connectivity index (χ2v) is 10.4. The summed E-state index contributed by atoms with van der Waals surface area (Å²) in [7, 11) is -1.64. The molecule has 1 fully saturated rings. The first-order valence-electron chi connectivity index (χ1n) is 11.3. The molecule has 35 heavy (non-hydrogen) atoms. The number of rotatable bonds is 8. The Morgan fingerprint density at radius 1 is 1.03 bits per heavy atom. The quantitative estimate of drug-likeness (QED) is 0.496. The van der Waals surface area contributed by atoms with Crippen LogP contribution in [0.25, 0.3) is 11.3 Å². The summed E-state index contributed by atoms with van der Waals surface area (Å²) in [6, 6.07) is 20.6. The molecule has 1 saturated heterocycles. The highest BCUT2D eigenvalue weighted by Gasteiger charge is 2.42. The van der Waals surface area contributed by atoms with Gasteiger partial charge in [-0.05, 0) is 48.2 Å². The Kier molecular flexibility index (Phi) is 7.49. The van der Waals surface area contributed by atoms with Crippen molar-refractivity contribution in [2.45, 2.75) is 24.8 Å². The van der Waals surface area contributed by atoms with E-state index in [2.05, 4.69) is 15.0 Å². The lowest BCUT2D eigenvalue weighted by atomic mass is 9.73. The Labute approximate surface area is 205 Å². The smallest absolute Gasteiger partial charge is 0.236 e. The monoisotopic (exact) mass is 495 g/mol. The van der Waals surface area contributed by atoms with Crippen LogP contribution in [0.4, 0.5) is 5.82 Å². The van der Waals surface area contributed by atoms with Crippen LogP contribution in [0.1, 0.15) is 24.0 Å². The Hall–Kier alpha value is -3.27. The van der Waals surface area contributed by atoms with Crippen LogP contribution < -0.4 is 14.8 Å². The van der Waals surface area contributed by atoms with Gasteiger partial charge in [0.25, 0.3) is 0 Å². The molecule has 3 aromatic rings. The second kappa shape index (κ2) is 10.6. The van der Waals surface area contributed by atoms with Crippen molar-refractivity contribution in [3.63, 3.8) is 0 Å². The fraction of sp³-hybridized carbons (Fsp3) is 0.308. The first-order valence-corrected chi connectivity index (χ1v) is 13.2. The summed E-state index contributed by atoms with van der Waals surface area (Å²) in [6.07, 6.45) is 2.28. The van der Waals surface area contributed by atoms with Crippen molar-refractivity contribution < 1.29 is 22.7 Å². The van der Waals surface area contributed by atoms with Crippen molar-refractivity contribution in [3.05, 3.63) is 77.9 Å². The van der Waals surface area contributed by atoms with E-state index in [1.54, 1.807) is 13.2 Å². The number of aromatic nitrogens is 1. The third-order valence-corrected chi connectivity index (χ3v) is 6.87. The number of carbonyl (C=O) groups is 1. The topological polar surface area (TPSA) is 107 Å². The number of hydrogen-bond donors (Lipinski definition) is 2. The van der Waals surface area contributed by atoms with Crippen LogP contribution in [-0.4, -0.2) is 45.9 Å². The molecule has 0 aliphatic carbocycles. The molecule has 1 aromatic heterocycles. The summed E-state index contributed by atoms with van der Waals surface area (Å²) in [5.41, 5.74) is 2.62. The van der Waals surface area contributed by atoms with Gasteiger partial charge < -0.3 is 14.8 Å². The number of methoxy groups -OCH3 is 1. The van der Waals surface area contributed by atoms with E-state index in [1.807, 2.05) is 60.7 Å². The van der Waals surface area contributed by atoms with Crippen LogP contribution in [0, 0.1) is 0 Å². The summed E-state index contributed by atoms with van der Waals surface area (Å²) >= 11 is 0. The van der Waals surface area contributed by atoms with Crippen molar-refractivity contribution in [3.8, 4) is 17.0 Å². The molecule has 2 N–H and O–H groups in total. The Bertz CT molecular complexity index is 1270. The highest BCUT2D eigenvalue weighted by atomic mass is 32.2. The van der Waals surface area contributed by atoms with Gasteiger partial charge in [0, 0.05) is 25.3 Å². The van der Waals surface area contributed by atoms with Gasteiger partial charge in [0.2, 0.25) is 15.9 Å². The fourth-order valence-electron chi connectivity index (χ4n) is 4.19. The number of nitrogens with zero attached hydrogens (tertiary/aromatic N) is 1. The zero-order valence-electron chi connectivity index (χ0n) is 19.8. The number of benzene rings is 2. The number of anilines is 1. The standard InChI is InChI=1S/C26H29N3O5S/c1-33-22-12-10-21(11-13-22)26(14-16-34-17-15-26)25(30)29-24-5-3-4-23(28-24)20-8-6-19(7-9-20)18-27-35(2,31)32/h3-13,27H,14-18H2,1-2H3,(H,28,29,30). The first kappa shape index (κ1) is 24.8. The third kappa shape index (κ3) is 6.05. The molecule has 2 heterocycles. The number of pyridine rings is 1. The van der Waals surface area contributed by atoms with Gasteiger partial charge in [-0.1, -0.05) is 42.5 Å². The molecule has 0 radical (unpaired) electrons. The lowest BCUT2D eigenvalue weighted by molar-refractivity contribution is -0.125. The molecule has 0 bridgehead atoms. The van der Waals surface area contributed by atoms with Crippen molar-refractivity contribution in [2.75, 3.05) is 31.9 Å².